The lowest BCUT2D eigenvalue weighted by atomic mass is 10.1. The summed E-state index contributed by atoms with van der Waals surface area (Å²) in [5, 5.41) is -0.0138. The largest absolute Gasteiger partial charge is 0.486 e. The Bertz CT molecular complexity index is 617. The van der Waals surface area contributed by atoms with Crippen LogP contribution in [0.5, 0.6) is 5.75 Å². The van der Waals surface area contributed by atoms with Gasteiger partial charge in [-0.3, -0.25) is 0 Å². The van der Waals surface area contributed by atoms with Crippen molar-refractivity contribution in [3.8, 4) is 5.75 Å². The molecule has 2 rings (SSSR count). The van der Waals surface area contributed by atoms with E-state index < -0.39 is 11.6 Å². The van der Waals surface area contributed by atoms with Crippen molar-refractivity contribution in [3.05, 3.63) is 64.2 Å². The van der Waals surface area contributed by atoms with Gasteiger partial charge in [0.1, 0.15) is 12.4 Å². The van der Waals surface area contributed by atoms with Crippen LogP contribution < -0.4 is 10.5 Å². The van der Waals surface area contributed by atoms with Gasteiger partial charge in [0.05, 0.1) is 5.02 Å². The van der Waals surface area contributed by atoms with E-state index in [4.69, 9.17) is 22.1 Å². The van der Waals surface area contributed by atoms with Crippen LogP contribution in [0, 0.1) is 11.6 Å². The van der Waals surface area contributed by atoms with Gasteiger partial charge in [-0.25, -0.2) is 8.78 Å². The second kappa shape index (κ2) is 6.20. The highest BCUT2D eigenvalue weighted by atomic mass is 35.5. The molecule has 0 aliphatic carbocycles. The maximum atomic E-state index is 13.8. The van der Waals surface area contributed by atoms with Gasteiger partial charge < -0.3 is 10.5 Å². The zero-order valence-corrected chi connectivity index (χ0v) is 11.6. The Morgan fingerprint density at radius 2 is 1.95 bits per heavy atom. The summed E-state index contributed by atoms with van der Waals surface area (Å²) < 4.78 is 32.4. The fourth-order valence-electron chi connectivity index (χ4n) is 1.73. The van der Waals surface area contributed by atoms with E-state index in [9.17, 15) is 8.78 Å². The molecule has 0 radical (unpaired) electrons. The fourth-order valence-corrected chi connectivity index (χ4v) is 1.91. The molecule has 1 atom stereocenters. The van der Waals surface area contributed by atoms with Crippen LogP contribution in [0.2, 0.25) is 5.02 Å². The summed E-state index contributed by atoms with van der Waals surface area (Å²) in [7, 11) is 0. The Balaban J connectivity index is 2.13. The van der Waals surface area contributed by atoms with Gasteiger partial charge in [0.25, 0.3) is 0 Å². The summed E-state index contributed by atoms with van der Waals surface area (Å²) in [6, 6.07) is 8.67. The molecule has 0 heterocycles. The molecule has 0 aliphatic rings. The van der Waals surface area contributed by atoms with Crippen molar-refractivity contribution in [1.29, 1.82) is 0 Å². The first kappa shape index (κ1) is 14.8. The molecule has 106 valence electrons. The summed E-state index contributed by atoms with van der Waals surface area (Å²) in [4.78, 5) is 0. The van der Waals surface area contributed by atoms with Crippen molar-refractivity contribution < 1.29 is 13.5 Å². The maximum absolute atomic E-state index is 13.8. The molecular weight excluding hydrogens is 284 g/mol. The van der Waals surface area contributed by atoms with Crippen molar-refractivity contribution in [2.45, 2.75) is 19.6 Å². The quantitative estimate of drug-likeness (QED) is 0.917. The van der Waals surface area contributed by atoms with Gasteiger partial charge in [-0.15, -0.1) is 0 Å². The highest BCUT2D eigenvalue weighted by Crippen LogP contribution is 2.24. The Labute approximate surface area is 121 Å². The lowest BCUT2D eigenvalue weighted by Crippen LogP contribution is -2.06. The summed E-state index contributed by atoms with van der Waals surface area (Å²) in [5.41, 5.74) is 6.81. The van der Waals surface area contributed by atoms with Crippen LogP contribution in [-0.4, -0.2) is 0 Å². The van der Waals surface area contributed by atoms with E-state index in [1.807, 2.05) is 0 Å². The highest BCUT2D eigenvalue weighted by Gasteiger charge is 2.10. The molecule has 0 saturated carbocycles. The smallest absolute Gasteiger partial charge is 0.165 e. The Hall–Kier alpha value is -1.65. The van der Waals surface area contributed by atoms with Crippen LogP contribution in [-0.2, 0) is 6.61 Å². The topological polar surface area (TPSA) is 35.2 Å². The number of halogens is 3. The molecule has 20 heavy (non-hydrogen) atoms. The lowest BCUT2D eigenvalue weighted by molar-refractivity contribution is 0.289. The van der Waals surface area contributed by atoms with Crippen molar-refractivity contribution in [2.75, 3.05) is 0 Å². The van der Waals surface area contributed by atoms with Gasteiger partial charge in [-0.05, 0) is 30.7 Å². The first-order valence-corrected chi connectivity index (χ1v) is 6.47. The van der Waals surface area contributed by atoms with Crippen molar-refractivity contribution >= 4 is 11.6 Å². The van der Waals surface area contributed by atoms with Gasteiger partial charge >= 0.3 is 0 Å². The maximum Gasteiger partial charge on any atom is 0.165 e. The van der Waals surface area contributed by atoms with E-state index >= 15 is 0 Å². The van der Waals surface area contributed by atoms with E-state index in [0.29, 0.717) is 11.1 Å². The Morgan fingerprint density at radius 3 is 2.60 bits per heavy atom. The molecule has 0 unspecified atom stereocenters. The zero-order chi connectivity index (χ0) is 14.7. The molecule has 2 N–H and O–H groups in total. The van der Waals surface area contributed by atoms with E-state index in [-0.39, 0.29) is 23.4 Å². The number of ether oxygens (including phenoxy) is 1. The molecule has 5 heteroatoms. The molecular formula is C15H14ClF2NO. The third kappa shape index (κ3) is 3.26. The van der Waals surface area contributed by atoms with Crippen LogP contribution >= 0.6 is 11.6 Å². The number of nitrogens with two attached hydrogens (primary N) is 1. The molecule has 2 aromatic rings. The fraction of sp³-hybridized carbons (Fsp3) is 0.200. The average Bonchev–Trinajstić information content (AvgIpc) is 2.41. The Morgan fingerprint density at radius 1 is 1.20 bits per heavy atom. The summed E-state index contributed by atoms with van der Waals surface area (Å²) in [6.45, 7) is 1.76. The van der Waals surface area contributed by atoms with Crippen molar-refractivity contribution in [3.63, 3.8) is 0 Å². The first-order valence-electron chi connectivity index (χ1n) is 6.09. The molecule has 0 spiro atoms. The van der Waals surface area contributed by atoms with Gasteiger partial charge in [0.15, 0.2) is 11.6 Å². The molecule has 2 aromatic carbocycles. The van der Waals surface area contributed by atoms with Crippen molar-refractivity contribution in [1.82, 2.24) is 0 Å². The van der Waals surface area contributed by atoms with Crippen LogP contribution in [0.3, 0.4) is 0 Å². The summed E-state index contributed by atoms with van der Waals surface area (Å²) >= 11 is 5.80. The van der Waals surface area contributed by atoms with Gasteiger partial charge in [0, 0.05) is 11.6 Å². The third-order valence-electron chi connectivity index (χ3n) is 2.90. The van der Waals surface area contributed by atoms with Gasteiger partial charge in [0.2, 0.25) is 0 Å². The molecule has 0 amide bonds. The van der Waals surface area contributed by atoms with E-state index in [2.05, 4.69) is 0 Å². The monoisotopic (exact) mass is 297 g/mol. The second-order valence-electron chi connectivity index (χ2n) is 4.48. The number of hydrogen-bond acceptors (Lipinski definition) is 2. The second-order valence-corrected chi connectivity index (χ2v) is 4.86. The molecule has 0 fully saturated rings. The SMILES string of the molecule is C[C@@H](N)c1ccc(OCc2cccc(F)c2Cl)c(F)c1. The van der Waals surface area contributed by atoms with Crippen LogP contribution in [0.15, 0.2) is 36.4 Å². The Kier molecular flexibility index (Phi) is 4.57. The normalized spacial score (nSPS) is 12.2. The standard InChI is InChI=1S/C15H14ClF2NO/c1-9(19)10-5-6-14(13(18)7-10)20-8-11-3-2-4-12(17)15(11)16/h2-7,9H,8,19H2,1H3/t9-/m1/s1. The van der Waals surface area contributed by atoms with Crippen molar-refractivity contribution in [2.24, 2.45) is 5.73 Å². The first-order chi connectivity index (χ1) is 9.49. The molecule has 2 nitrogen and oxygen atoms in total. The van der Waals surface area contributed by atoms with Crippen LogP contribution in [0.1, 0.15) is 24.1 Å². The molecule has 0 saturated heterocycles. The minimum atomic E-state index is -0.527. The highest BCUT2D eigenvalue weighted by molar-refractivity contribution is 6.31. The number of benzene rings is 2. The molecule has 0 aliphatic heterocycles. The van der Waals surface area contributed by atoms with Gasteiger partial charge in [-0.2, -0.15) is 0 Å². The molecule has 0 bridgehead atoms. The molecule has 0 aromatic heterocycles. The predicted octanol–water partition coefficient (Wildman–Crippen LogP) is 4.22. The van der Waals surface area contributed by atoms with Gasteiger partial charge in [-0.1, -0.05) is 29.8 Å². The minimum Gasteiger partial charge on any atom is -0.486 e. The zero-order valence-electron chi connectivity index (χ0n) is 10.9. The predicted molar refractivity (Wildman–Crippen MR) is 74.7 cm³/mol. The van der Waals surface area contributed by atoms with Crippen LogP contribution in [0.4, 0.5) is 8.78 Å². The van der Waals surface area contributed by atoms with E-state index in [0.717, 1.165) is 0 Å². The summed E-state index contributed by atoms with van der Waals surface area (Å²) in [5.74, 6) is -0.956. The number of hydrogen-bond donors (Lipinski definition) is 1. The number of rotatable bonds is 4. The summed E-state index contributed by atoms with van der Waals surface area (Å²) in [6.07, 6.45) is 0. The minimum absolute atomic E-state index is 0.00889. The average molecular weight is 298 g/mol. The lowest BCUT2D eigenvalue weighted by Gasteiger charge is -2.11. The third-order valence-corrected chi connectivity index (χ3v) is 3.32. The van der Waals surface area contributed by atoms with Crippen LogP contribution in [0.25, 0.3) is 0 Å². The van der Waals surface area contributed by atoms with E-state index in [1.54, 1.807) is 19.1 Å². The van der Waals surface area contributed by atoms with E-state index in [1.165, 1.54) is 24.3 Å².